The summed E-state index contributed by atoms with van der Waals surface area (Å²) in [5, 5.41) is 1.50. The SMILES string of the molecule is O=C(c1ccc(Cl)cc1)c1nsc2cc(Br)ccc12. The minimum Gasteiger partial charge on any atom is -0.287 e. The van der Waals surface area contributed by atoms with Crippen molar-refractivity contribution in [2.75, 3.05) is 0 Å². The molecule has 0 saturated heterocycles. The second-order valence-corrected chi connectivity index (χ2v) is 6.16. The van der Waals surface area contributed by atoms with Crippen LogP contribution in [-0.2, 0) is 0 Å². The van der Waals surface area contributed by atoms with E-state index in [2.05, 4.69) is 20.3 Å². The molecule has 1 heterocycles. The van der Waals surface area contributed by atoms with Crippen LogP contribution in [0, 0.1) is 0 Å². The first kappa shape index (κ1) is 12.8. The van der Waals surface area contributed by atoms with Crippen LogP contribution in [0.15, 0.2) is 46.9 Å². The molecule has 0 atom stereocenters. The van der Waals surface area contributed by atoms with Crippen LogP contribution in [0.5, 0.6) is 0 Å². The average molecular weight is 353 g/mol. The zero-order valence-electron chi connectivity index (χ0n) is 9.56. The van der Waals surface area contributed by atoms with Gasteiger partial charge in [-0.1, -0.05) is 33.6 Å². The lowest BCUT2D eigenvalue weighted by atomic mass is 10.1. The fraction of sp³-hybridized carbons (Fsp3) is 0. The molecular formula is C14H7BrClNOS. The first-order chi connectivity index (χ1) is 9.15. The van der Waals surface area contributed by atoms with Gasteiger partial charge in [-0.05, 0) is 47.9 Å². The molecule has 2 nitrogen and oxygen atoms in total. The van der Waals surface area contributed by atoms with E-state index in [0.717, 1.165) is 14.6 Å². The number of hydrogen-bond acceptors (Lipinski definition) is 3. The first-order valence-electron chi connectivity index (χ1n) is 5.50. The number of carbonyl (C=O) groups excluding carboxylic acids is 1. The number of carbonyl (C=O) groups is 1. The molecule has 2 aromatic carbocycles. The van der Waals surface area contributed by atoms with Crippen molar-refractivity contribution in [2.45, 2.75) is 0 Å². The van der Waals surface area contributed by atoms with Gasteiger partial charge in [0.2, 0.25) is 5.78 Å². The molecule has 0 aliphatic heterocycles. The summed E-state index contributed by atoms with van der Waals surface area (Å²) in [6.45, 7) is 0. The molecule has 0 N–H and O–H groups in total. The molecule has 19 heavy (non-hydrogen) atoms. The predicted octanol–water partition coefficient (Wildman–Crippen LogP) is 4.94. The minimum absolute atomic E-state index is 0.0785. The summed E-state index contributed by atoms with van der Waals surface area (Å²) in [7, 11) is 0. The van der Waals surface area contributed by atoms with Crippen LogP contribution in [0.1, 0.15) is 16.1 Å². The van der Waals surface area contributed by atoms with Gasteiger partial charge in [-0.25, -0.2) is 0 Å². The van der Waals surface area contributed by atoms with Gasteiger partial charge in [-0.15, -0.1) is 0 Å². The summed E-state index contributed by atoms with van der Waals surface area (Å²) in [5.41, 5.74) is 1.09. The fourth-order valence-corrected chi connectivity index (χ4v) is 3.27. The maximum Gasteiger partial charge on any atom is 0.213 e. The van der Waals surface area contributed by atoms with E-state index >= 15 is 0 Å². The van der Waals surface area contributed by atoms with Gasteiger partial charge in [-0.2, -0.15) is 4.37 Å². The Kier molecular flexibility index (Phi) is 3.39. The highest BCUT2D eigenvalue weighted by molar-refractivity contribution is 9.10. The Morgan fingerprint density at radius 1 is 1.16 bits per heavy atom. The van der Waals surface area contributed by atoms with E-state index in [0.29, 0.717) is 16.3 Å². The lowest BCUT2D eigenvalue weighted by Gasteiger charge is -1.99. The van der Waals surface area contributed by atoms with Crippen LogP contribution in [0.3, 0.4) is 0 Å². The highest BCUT2D eigenvalue weighted by Gasteiger charge is 2.16. The second-order valence-electron chi connectivity index (χ2n) is 4.01. The molecule has 0 aliphatic carbocycles. The summed E-state index contributed by atoms with van der Waals surface area (Å²) in [6.07, 6.45) is 0. The van der Waals surface area contributed by atoms with Gasteiger partial charge in [-0.3, -0.25) is 4.79 Å². The van der Waals surface area contributed by atoms with Crippen LogP contribution < -0.4 is 0 Å². The van der Waals surface area contributed by atoms with Crippen molar-refractivity contribution in [3.63, 3.8) is 0 Å². The molecule has 0 amide bonds. The summed E-state index contributed by atoms with van der Waals surface area (Å²) >= 11 is 10.6. The topological polar surface area (TPSA) is 30.0 Å². The van der Waals surface area contributed by atoms with E-state index < -0.39 is 0 Å². The number of benzene rings is 2. The van der Waals surface area contributed by atoms with E-state index in [-0.39, 0.29) is 5.78 Å². The Bertz CT molecular complexity index is 767. The van der Waals surface area contributed by atoms with E-state index in [1.807, 2.05) is 18.2 Å². The molecule has 0 unspecified atom stereocenters. The van der Waals surface area contributed by atoms with Crippen molar-refractivity contribution in [3.05, 3.63) is 63.2 Å². The molecule has 3 rings (SSSR count). The van der Waals surface area contributed by atoms with Crippen molar-refractivity contribution in [2.24, 2.45) is 0 Å². The van der Waals surface area contributed by atoms with Crippen LogP contribution in [0.4, 0.5) is 0 Å². The van der Waals surface area contributed by atoms with Gasteiger partial charge in [0.1, 0.15) is 5.69 Å². The third-order valence-corrected chi connectivity index (χ3v) is 4.31. The molecule has 0 radical (unpaired) electrons. The van der Waals surface area contributed by atoms with Crippen LogP contribution in [-0.4, -0.2) is 10.2 Å². The molecular weight excluding hydrogens is 346 g/mol. The number of fused-ring (bicyclic) bond motifs is 1. The lowest BCUT2D eigenvalue weighted by molar-refractivity contribution is 0.103. The van der Waals surface area contributed by atoms with E-state index in [4.69, 9.17) is 11.6 Å². The molecule has 5 heteroatoms. The van der Waals surface area contributed by atoms with Gasteiger partial charge in [0.05, 0.1) is 4.70 Å². The number of hydrogen-bond donors (Lipinski definition) is 0. The van der Waals surface area contributed by atoms with Crippen LogP contribution >= 0.6 is 39.1 Å². The number of nitrogens with zero attached hydrogens (tertiary/aromatic N) is 1. The molecule has 1 aromatic heterocycles. The van der Waals surface area contributed by atoms with Crippen molar-refractivity contribution in [1.29, 1.82) is 0 Å². The Hall–Kier alpha value is -1.23. The maximum atomic E-state index is 12.4. The number of ketones is 1. The summed E-state index contributed by atoms with van der Waals surface area (Å²) in [4.78, 5) is 12.4. The monoisotopic (exact) mass is 351 g/mol. The Balaban J connectivity index is 2.09. The quantitative estimate of drug-likeness (QED) is 0.611. The molecule has 0 spiro atoms. The zero-order chi connectivity index (χ0) is 13.4. The van der Waals surface area contributed by atoms with Gasteiger partial charge in [0.15, 0.2) is 0 Å². The Morgan fingerprint density at radius 3 is 2.63 bits per heavy atom. The van der Waals surface area contributed by atoms with Crippen LogP contribution in [0.25, 0.3) is 10.1 Å². The zero-order valence-corrected chi connectivity index (χ0v) is 12.7. The molecule has 0 saturated carbocycles. The maximum absolute atomic E-state index is 12.4. The van der Waals surface area contributed by atoms with Gasteiger partial charge >= 0.3 is 0 Å². The summed E-state index contributed by atoms with van der Waals surface area (Å²) in [5.74, 6) is -0.0785. The lowest BCUT2D eigenvalue weighted by Crippen LogP contribution is -2.01. The van der Waals surface area contributed by atoms with Crippen LogP contribution in [0.2, 0.25) is 5.02 Å². The van der Waals surface area contributed by atoms with E-state index in [1.165, 1.54) is 11.5 Å². The third-order valence-electron chi connectivity index (χ3n) is 2.76. The summed E-state index contributed by atoms with van der Waals surface area (Å²) < 4.78 is 6.25. The first-order valence-corrected chi connectivity index (χ1v) is 7.45. The number of aromatic nitrogens is 1. The largest absolute Gasteiger partial charge is 0.287 e. The summed E-state index contributed by atoms with van der Waals surface area (Å²) in [6, 6.07) is 12.6. The molecule has 0 fully saturated rings. The smallest absolute Gasteiger partial charge is 0.213 e. The Labute approximate surface area is 127 Å². The Morgan fingerprint density at radius 2 is 1.89 bits per heavy atom. The minimum atomic E-state index is -0.0785. The van der Waals surface area contributed by atoms with E-state index in [1.54, 1.807) is 24.3 Å². The van der Waals surface area contributed by atoms with Gasteiger partial charge in [0, 0.05) is 20.4 Å². The van der Waals surface area contributed by atoms with Crippen molar-refractivity contribution in [1.82, 2.24) is 4.37 Å². The molecule has 3 aromatic rings. The van der Waals surface area contributed by atoms with E-state index in [9.17, 15) is 4.79 Å². The highest BCUT2D eigenvalue weighted by Crippen LogP contribution is 2.27. The number of rotatable bonds is 2. The average Bonchev–Trinajstić information content (AvgIpc) is 2.81. The van der Waals surface area contributed by atoms with Crippen molar-refractivity contribution < 1.29 is 4.79 Å². The number of halogens is 2. The molecule has 0 aliphatic rings. The fourth-order valence-electron chi connectivity index (χ4n) is 1.81. The van der Waals surface area contributed by atoms with Crippen molar-refractivity contribution >= 4 is 54.9 Å². The third kappa shape index (κ3) is 2.43. The second kappa shape index (κ2) is 5.04. The van der Waals surface area contributed by atoms with Gasteiger partial charge < -0.3 is 0 Å². The predicted molar refractivity (Wildman–Crippen MR) is 82.2 cm³/mol. The highest BCUT2D eigenvalue weighted by atomic mass is 79.9. The molecule has 0 bridgehead atoms. The molecule has 94 valence electrons. The van der Waals surface area contributed by atoms with Gasteiger partial charge in [0.25, 0.3) is 0 Å². The standard InChI is InChI=1S/C14H7BrClNOS/c15-9-3-6-11-12(7-9)19-17-13(11)14(18)8-1-4-10(16)5-2-8/h1-7H. The normalized spacial score (nSPS) is 10.8. The van der Waals surface area contributed by atoms with Crippen molar-refractivity contribution in [3.8, 4) is 0 Å².